The summed E-state index contributed by atoms with van der Waals surface area (Å²) in [6.07, 6.45) is -0.675. The van der Waals surface area contributed by atoms with Gasteiger partial charge in [0.15, 0.2) is 0 Å². The van der Waals surface area contributed by atoms with Crippen molar-refractivity contribution in [3.63, 3.8) is 0 Å². The van der Waals surface area contributed by atoms with Gasteiger partial charge in [0.1, 0.15) is 18.0 Å². The molecule has 3 rings (SSSR count). The predicted octanol–water partition coefficient (Wildman–Crippen LogP) is 0.480. The summed E-state index contributed by atoms with van der Waals surface area (Å²) < 4.78 is 11.6. The molecule has 0 radical (unpaired) electrons. The van der Waals surface area contributed by atoms with Crippen LogP contribution in [0.4, 0.5) is 0 Å². The molecule has 7 heteroatoms. The normalized spacial score (nSPS) is 27.1. The number of H-pyrrole nitrogens is 1. The number of fused-ring (bicyclic) bond motifs is 1. The van der Waals surface area contributed by atoms with E-state index in [4.69, 9.17) is 9.47 Å². The van der Waals surface area contributed by atoms with Crippen molar-refractivity contribution in [3.05, 3.63) is 30.0 Å². The van der Waals surface area contributed by atoms with Crippen molar-refractivity contribution < 1.29 is 24.8 Å². The van der Waals surface area contributed by atoms with Crippen molar-refractivity contribution in [1.29, 1.82) is 0 Å². The predicted molar refractivity (Wildman–Crippen MR) is 93.6 cm³/mol. The molecule has 4 N–H and O–H groups in total. The van der Waals surface area contributed by atoms with E-state index in [0.29, 0.717) is 5.75 Å². The lowest BCUT2D eigenvalue weighted by atomic mass is 10.0. The van der Waals surface area contributed by atoms with Crippen LogP contribution in [0.3, 0.4) is 0 Å². The van der Waals surface area contributed by atoms with E-state index >= 15 is 0 Å². The lowest BCUT2D eigenvalue weighted by molar-refractivity contribution is -0.229. The maximum atomic E-state index is 9.97. The van der Waals surface area contributed by atoms with Gasteiger partial charge in [-0.15, -0.1) is 0 Å². The third-order valence-electron chi connectivity index (χ3n) is 4.55. The topological polar surface area (TPSA) is 98.2 Å². The average molecular weight is 350 g/mol. The number of rotatable bonds is 6. The molecule has 1 aromatic heterocycles. The van der Waals surface area contributed by atoms with E-state index < -0.39 is 24.6 Å². The minimum absolute atomic E-state index is 0.144. The fraction of sp³-hybridized carbons (Fsp3) is 0.556. The van der Waals surface area contributed by atoms with E-state index in [-0.39, 0.29) is 13.0 Å². The Hall–Kier alpha value is -1.64. The number of aromatic amines is 1. The van der Waals surface area contributed by atoms with Gasteiger partial charge in [0.2, 0.25) is 6.29 Å². The average Bonchev–Trinajstić information content (AvgIpc) is 3.00. The van der Waals surface area contributed by atoms with Crippen LogP contribution in [-0.4, -0.2) is 77.1 Å². The molecule has 2 heterocycles. The number of benzene rings is 1. The van der Waals surface area contributed by atoms with E-state index in [9.17, 15) is 15.3 Å². The molecular formula is C18H26N2O5. The van der Waals surface area contributed by atoms with Gasteiger partial charge >= 0.3 is 0 Å². The largest absolute Gasteiger partial charge is 0.464 e. The van der Waals surface area contributed by atoms with Crippen molar-refractivity contribution in [1.82, 2.24) is 9.88 Å². The zero-order valence-corrected chi connectivity index (χ0v) is 14.6. The first-order chi connectivity index (χ1) is 12.0. The summed E-state index contributed by atoms with van der Waals surface area (Å²) in [5, 5.41) is 30.1. The molecule has 25 heavy (non-hydrogen) atoms. The highest BCUT2D eigenvalue weighted by atomic mass is 16.7. The van der Waals surface area contributed by atoms with Crippen LogP contribution in [-0.2, 0) is 11.2 Å². The van der Waals surface area contributed by atoms with Crippen LogP contribution in [0.2, 0.25) is 0 Å². The molecule has 0 saturated carbocycles. The Morgan fingerprint density at radius 1 is 1.32 bits per heavy atom. The highest BCUT2D eigenvalue weighted by molar-refractivity contribution is 5.89. The molecule has 0 unspecified atom stereocenters. The van der Waals surface area contributed by atoms with Crippen molar-refractivity contribution in [2.45, 2.75) is 37.4 Å². The van der Waals surface area contributed by atoms with Gasteiger partial charge in [-0.25, -0.2) is 0 Å². The summed E-state index contributed by atoms with van der Waals surface area (Å²) in [6, 6.07) is 5.74. The molecule has 1 aliphatic heterocycles. The quantitative estimate of drug-likeness (QED) is 0.605. The highest BCUT2D eigenvalue weighted by Crippen LogP contribution is 2.32. The lowest BCUT2D eigenvalue weighted by Crippen LogP contribution is -2.51. The van der Waals surface area contributed by atoms with Gasteiger partial charge in [-0.05, 0) is 38.2 Å². The van der Waals surface area contributed by atoms with Gasteiger partial charge in [0.05, 0.1) is 12.7 Å². The van der Waals surface area contributed by atoms with Crippen LogP contribution in [0.5, 0.6) is 5.75 Å². The fourth-order valence-corrected chi connectivity index (χ4v) is 3.14. The Bertz CT molecular complexity index is 702. The number of aliphatic hydroxyl groups is 3. The van der Waals surface area contributed by atoms with Gasteiger partial charge in [-0.3, -0.25) is 0 Å². The van der Waals surface area contributed by atoms with E-state index in [1.54, 1.807) is 0 Å². The molecule has 4 atom stereocenters. The lowest BCUT2D eigenvalue weighted by Gasteiger charge is -2.36. The molecule has 0 bridgehead atoms. The summed E-state index contributed by atoms with van der Waals surface area (Å²) in [7, 11) is 4.06. The summed E-state index contributed by atoms with van der Waals surface area (Å²) in [5.74, 6) is 0.665. The zero-order valence-electron chi connectivity index (χ0n) is 14.6. The van der Waals surface area contributed by atoms with Crippen molar-refractivity contribution in [2.75, 3.05) is 27.2 Å². The Balaban J connectivity index is 1.82. The SMILES string of the molecule is CN(C)CCc1c[nH]c2cccc(O[C@@H]3C[C@@H](O)[C@H](O)[C@@H](CO)O3)c12. The van der Waals surface area contributed by atoms with Gasteiger partial charge in [0.25, 0.3) is 0 Å². The van der Waals surface area contributed by atoms with Gasteiger partial charge in [-0.2, -0.15) is 0 Å². The molecule has 2 aromatic rings. The van der Waals surface area contributed by atoms with Gasteiger partial charge in [-0.1, -0.05) is 6.07 Å². The van der Waals surface area contributed by atoms with Crippen molar-refractivity contribution in [2.24, 2.45) is 0 Å². The maximum Gasteiger partial charge on any atom is 0.202 e. The molecule has 138 valence electrons. The molecule has 0 amide bonds. The molecular weight excluding hydrogens is 324 g/mol. The first kappa shape index (κ1) is 18.2. The third-order valence-corrected chi connectivity index (χ3v) is 4.55. The monoisotopic (exact) mass is 350 g/mol. The maximum absolute atomic E-state index is 9.97. The first-order valence-corrected chi connectivity index (χ1v) is 8.52. The molecule has 7 nitrogen and oxygen atoms in total. The summed E-state index contributed by atoms with van der Waals surface area (Å²) in [4.78, 5) is 5.38. The number of nitrogens with zero attached hydrogens (tertiary/aromatic N) is 1. The van der Waals surface area contributed by atoms with E-state index in [1.807, 2.05) is 38.5 Å². The smallest absolute Gasteiger partial charge is 0.202 e. The second-order valence-electron chi connectivity index (χ2n) is 6.74. The number of likely N-dealkylation sites (N-methyl/N-ethyl adjacent to an activating group) is 1. The summed E-state index contributed by atoms with van der Waals surface area (Å²) in [5.41, 5.74) is 2.12. The fourth-order valence-electron chi connectivity index (χ4n) is 3.14. The minimum Gasteiger partial charge on any atom is -0.464 e. The number of nitrogens with one attached hydrogen (secondary N) is 1. The molecule has 1 aromatic carbocycles. The second kappa shape index (κ2) is 7.72. The molecule has 0 aliphatic carbocycles. The first-order valence-electron chi connectivity index (χ1n) is 8.52. The molecule has 1 fully saturated rings. The standard InChI is InChI=1S/C18H26N2O5/c1-20(2)7-6-11-9-19-12-4-3-5-14(17(11)12)24-16-8-13(22)18(23)15(10-21)25-16/h3-5,9,13,15-16,18-19,21-23H,6-8,10H2,1-2H3/t13-,15-,16+,18+/m1/s1. The molecule has 0 spiro atoms. The van der Waals surface area contributed by atoms with Gasteiger partial charge < -0.3 is 34.7 Å². The minimum atomic E-state index is -1.11. The zero-order chi connectivity index (χ0) is 18.0. The number of hydrogen-bond acceptors (Lipinski definition) is 6. The third kappa shape index (κ3) is 3.96. The number of hydrogen-bond donors (Lipinski definition) is 4. The number of aliphatic hydroxyl groups excluding tert-OH is 3. The van der Waals surface area contributed by atoms with E-state index in [0.717, 1.165) is 29.4 Å². The van der Waals surface area contributed by atoms with Gasteiger partial charge in [0, 0.05) is 30.1 Å². The highest BCUT2D eigenvalue weighted by Gasteiger charge is 2.37. The Labute approximate surface area is 146 Å². The number of aromatic nitrogens is 1. The Morgan fingerprint density at radius 3 is 2.84 bits per heavy atom. The van der Waals surface area contributed by atoms with Crippen LogP contribution >= 0.6 is 0 Å². The van der Waals surface area contributed by atoms with E-state index in [1.165, 1.54) is 0 Å². The van der Waals surface area contributed by atoms with E-state index in [2.05, 4.69) is 9.88 Å². The Kier molecular flexibility index (Phi) is 5.61. The van der Waals surface area contributed by atoms with Crippen LogP contribution in [0.1, 0.15) is 12.0 Å². The number of ether oxygens (including phenoxy) is 2. The summed E-state index contributed by atoms with van der Waals surface area (Å²) in [6.45, 7) is 0.541. The second-order valence-corrected chi connectivity index (χ2v) is 6.74. The van der Waals surface area contributed by atoms with Crippen molar-refractivity contribution >= 4 is 10.9 Å². The van der Waals surface area contributed by atoms with Crippen LogP contribution < -0.4 is 4.74 Å². The van der Waals surface area contributed by atoms with Crippen LogP contribution in [0, 0.1) is 0 Å². The van der Waals surface area contributed by atoms with Crippen LogP contribution in [0.25, 0.3) is 10.9 Å². The Morgan fingerprint density at radius 2 is 2.12 bits per heavy atom. The van der Waals surface area contributed by atoms with Crippen molar-refractivity contribution in [3.8, 4) is 5.75 Å². The molecule has 1 aliphatic rings. The summed E-state index contributed by atoms with van der Waals surface area (Å²) >= 11 is 0. The van der Waals surface area contributed by atoms with Crippen LogP contribution in [0.15, 0.2) is 24.4 Å². The molecule has 1 saturated heterocycles.